The summed E-state index contributed by atoms with van der Waals surface area (Å²) in [6, 6.07) is 3.14. The Balaban J connectivity index is 2.17. The first kappa shape index (κ1) is 19.9. The number of nitrogens with two attached hydrogens (primary N) is 1. The molecule has 0 unspecified atom stereocenters. The number of nitrogens with zero attached hydrogens (tertiary/aromatic N) is 1. The molecule has 1 aliphatic heterocycles. The lowest BCUT2D eigenvalue weighted by atomic mass is 10.1. The molecule has 0 aromatic heterocycles. The van der Waals surface area contributed by atoms with E-state index >= 15 is 0 Å². The summed E-state index contributed by atoms with van der Waals surface area (Å²) in [6.45, 7) is 1.81. The van der Waals surface area contributed by atoms with E-state index in [9.17, 15) is 22.8 Å². The van der Waals surface area contributed by atoms with Crippen LogP contribution in [0.25, 0.3) is 0 Å². The molecule has 1 heterocycles. The van der Waals surface area contributed by atoms with Gasteiger partial charge >= 0.3 is 12.0 Å². The fourth-order valence-corrected chi connectivity index (χ4v) is 4.16. The molecule has 1 aromatic carbocycles. The van der Waals surface area contributed by atoms with Crippen LogP contribution >= 0.6 is 0 Å². The second kappa shape index (κ2) is 8.28. The third-order valence-electron chi connectivity index (χ3n) is 3.98. The number of ether oxygens (including phenoxy) is 1. The molecular formula is C16H21N3O6S. The van der Waals surface area contributed by atoms with Gasteiger partial charge in [-0.15, -0.1) is 0 Å². The Morgan fingerprint density at radius 3 is 2.46 bits per heavy atom. The molecular weight excluding hydrogens is 362 g/mol. The molecule has 142 valence electrons. The number of nitrogens with one attached hydrogen (secondary N) is 1. The van der Waals surface area contributed by atoms with E-state index in [-0.39, 0.29) is 10.5 Å². The van der Waals surface area contributed by atoms with E-state index in [1.807, 2.05) is 0 Å². The summed E-state index contributed by atoms with van der Waals surface area (Å²) in [5, 5.41) is 1.76. The van der Waals surface area contributed by atoms with Crippen molar-refractivity contribution < 1.29 is 27.5 Å². The molecule has 0 aliphatic carbocycles. The number of aryl methyl sites for hydroxylation is 1. The van der Waals surface area contributed by atoms with Crippen LogP contribution in [0.1, 0.15) is 35.2 Å². The zero-order valence-corrected chi connectivity index (χ0v) is 15.2. The normalized spacial score (nSPS) is 15.3. The Morgan fingerprint density at radius 2 is 1.85 bits per heavy atom. The second-order valence-electron chi connectivity index (χ2n) is 5.93. The summed E-state index contributed by atoms with van der Waals surface area (Å²) in [6.07, 6.45) is 2.59. The summed E-state index contributed by atoms with van der Waals surface area (Å²) in [7, 11) is -3.70. The Morgan fingerprint density at radius 1 is 1.19 bits per heavy atom. The van der Waals surface area contributed by atoms with Crippen LogP contribution in [0.3, 0.4) is 0 Å². The van der Waals surface area contributed by atoms with E-state index in [2.05, 4.69) is 0 Å². The van der Waals surface area contributed by atoms with Crippen LogP contribution in [0, 0.1) is 6.92 Å². The van der Waals surface area contributed by atoms with Crippen molar-refractivity contribution in [3.05, 3.63) is 29.3 Å². The number of sulfonamides is 1. The summed E-state index contributed by atoms with van der Waals surface area (Å²) in [5.41, 5.74) is 5.33. The van der Waals surface area contributed by atoms with Crippen molar-refractivity contribution in [2.45, 2.75) is 31.1 Å². The standard InChI is InChI=1S/C16H21N3O6S/c1-11-5-6-12(26(23,24)19-7-3-2-4-8-19)9-13(11)15(21)25-10-14(20)18-16(17)22/h5-6,9H,2-4,7-8,10H2,1H3,(H3,17,18,20,22). The number of imide groups is 1. The van der Waals surface area contributed by atoms with Crippen molar-refractivity contribution in [1.29, 1.82) is 0 Å². The maximum atomic E-state index is 12.7. The van der Waals surface area contributed by atoms with E-state index in [4.69, 9.17) is 10.5 Å². The van der Waals surface area contributed by atoms with E-state index < -0.39 is 34.5 Å². The summed E-state index contributed by atoms with van der Waals surface area (Å²) < 4.78 is 31.7. The lowest BCUT2D eigenvalue weighted by molar-refractivity contribution is -0.123. The highest BCUT2D eigenvalue weighted by molar-refractivity contribution is 7.89. The first-order valence-electron chi connectivity index (χ1n) is 8.09. The Hall–Kier alpha value is -2.46. The lowest BCUT2D eigenvalue weighted by Gasteiger charge is -2.26. The highest BCUT2D eigenvalue weighted by Crippen LogP contribution is 2.23. The van der Waals surface area contributed by atoms with Crippen molar-refractivity contribution in [2.24, 2.45) is 5.73 Å². The van der Waals surface area contributed by atoms with Gasteiger partial charge in [0.05, 0.1) is 10.5 Å². The zero-order valence-electron chi connectivity index (χ0n) is 14.4. The van der Waals surface area contributed by atoms with Gasteiger partial charge in [-0.1, -0.05) is 12.5 Å². The third-order valence-corrected chi connectivity index (χ3v) is 5.87. The first-order chi connectivity index (χ1) is 12.2. The molecule has 0 atom stereocenters. The maximum Gasteiger partial charge on any atom is 0.338 e. The molecule has 0 saturated carbocycles. The molecule has 0 spiro atoms. The number of amides is 3. The molecule has 1 saturated heterocycles. The minimum Gasteiger partial charge on any atom is -0.452 e. The van der Waals surface area contributed by atoms with Gasteiger partial charge in [-0.05, 0) is 37.5 Å². The summed E-state index contributed by atoms with van der Waals surface area (Å²) >= 11 is 0. The monoisotopic (exact) mass is 383 g/mol. The third kappa shape index (κ3) is 4.79. The largest absolute Gasteiger partial charge is 0.452 e. The van der Waals surface area contributed by atoms with Crippen LogP contribution in [0.4, 0.5) is 4.79 Å². The molecule has 0 radical (unpaired) electrons. The Bertz CT molecular complexity index is 815. The highest BCUT2D eigenvalue weighted by Gasteiger charge is 2.27. The van der Waals surface area contributed by atoms with Crippen LogP contribution in [0.15, 0.2) is 23.1 Å². The molecule has 0 bridgehead atoms. The molecule has 1 aliphatic rings. The average Bonchev–Trinajstić information content (AvgIpc) is 2.60. The highest BCUT2D eigenvalue weighted by atomic mass is 32.2. The molecule has 9 nitrogen and oxygen atoms in total. The molecule has 2 rings (SSSR count). The van der Waals surface area contributed by atoms with Crippen LogP contribution in [0.2, 0.25) is 0 Å². The van der Waals surface area contributed by atoms with Crippen LogP contribution < -0.4 is 11.1 Å². The minimum absolute atomic E-state index is 0.00135. The number of primary amides is 1. The van der Waals surface area contributed by atoms with E-state index in [0.29, 0.717) is 18.7 Å². The fraction of sp³-hybridized carbons (Fsp3) is 0.438. The number of piperidine rings is 1. The van der Waals surface area contributed by atoms with Gasteiger partial charge in [0.2, 0.25) is 10.0 Å². The predicted molar refractivity (Wildman–Crippen MR) is 91.8 cm³/mol. The molecule has 26 heavy (non-hydrogen) atoms. The number of esters is 1. The number of benzene rings is 1. The molecule has 3 N–H and O–H groups in total. The van der Waals surface area contributed by atoms with Gasteiger partial charge in [0, 0.05) is 13.1 Å². The molecule has 1 fully saturated rings. The second-order valence-corrected chi connectivity index (χ2v) is 7.87. The topological polar surface area (TPSA) is 136 Å². The number of rotatable bonds is 5. The van der Waals surface area contributed by atoms with Crippen LogP contribution in [0.5, 0.6) is 0 Å². The van der Waals surface area contributed by atoms with Gasteiger partial charge in [-0.3, -0.25) is 10.1 Å². The molecule has 10 heteroatoms. The van der Waals surface area contributed by atoms with Crippen LogP contribution in [-0.4, -0.2) is 50.3 Å². The Labute approximate surface area is 151 Å². The van der Waals surface area contributed by atoms with Gasteiger partial charge in [0.25, 0.3) is 5.91 Å². The van der Waals surface area contributed by atoms with Gasteiger partial charge in [0.15, 0.2) is 6.61 Å². The van der Waals surface area contributed by atoms with Crippen molar-refractivity contribution in [2.75, 3.05) is 19.7 Å². The van der Waals surface area contributed by atoms with Crippen molar-refractivity contribution in [3.63, 3.8) is 0 Å². The smallest absolute Gasteiger partial charge is 0.338 e. The summed E-state index contributed by atoms with van der Waals surface area (Å²) in [5.74, 6) is -1.74. The lowest BCUT2D eigenvalue weighted by Crippen LogP contribution is -2.37. The molecule has 1 aromatic rings. The van der Waals surface area contributed by atoms with E-state index in [1.54, 1.807) is 12.2 Å². The minimum atomic E-state index is -3.70. The van der Waals surface area contributed by atoms with Crippen LogP contribution in [-0.2, 0) is 19.6 Å². The first-order valence-corrected chi connectivity index (χ1v) is 9.53. The quantitative estimate of drug-likeness (QED) is 0.712. The van der Waals surface area contributed by atoms with Gasteiger partial charge in [-0.25, -0.2) is 18.0 Å². The SMILES string of the molecule is Cc1ccc(S(=O)(=O)N2CCCCC2)cc1C(=O)OCC(=O)NC(N)=O. The average molecular weight is 383 g/mol. The van der Waals surface area contributed by atoms with Gasteiger partial charge < -0.3 is 10.5 Å². The van der Waals surface area contributed by atoms with Crippen molar-refractivity contribution in [3.8, 4) is 0 Å². The number of carbonyl (C=O) groups excluding carboxylic acids is 3. The van der Waals surface area contributed by atoms with Crippen molar-refractivity contribution in [1.82, 2.24) is 9.62 Å². The number of hydrogen-bond acceptors (Lipinski definition) is 6. The number of carbonyl (C=O) groups is 3. The molecule has 3 amide bonds. The van der Waals surface area contributed by atoms with Gasteiger partial charge in [-0.2, -0.15) is 4.31 Å². The Kier molecular flexibility index (Phi) is 6.32. The maximum absolute atomic E-state index is 12.7. The van der Waals surface area contributed by atoms with Crippen molar-refractivity contribution >= 4 is 27.9 Å². The van der Waals surface area contributed by atoms with E-state index in [1.165, 1.54) is 22.5 Å². The summed E-state index contributed by atoms with van der Waals surface area (Å²) in [4.78, 5) is 34.1. The zero-order chi connectivity index (χ0) is 19.3. The fourth-order valence-electron chi connectivity index (χ4n) is 2.62. The van der Waals surface area contributed by atoms with E-state index in [0.717, 1.165) is 19.3 Å². The van der Waals surface area contributed by atoms with Gasteiger partial charge in [0.1, 0.15) is 0 Å². The predicted octanol–water partition coefficient (Wildman–Crippen LogP) is 0.521. The number of urea groups is 1. The number of hydrogen-bond donors (Lipinski definition) is 2.